The number of hydrogen-bond acceptors (Lipinski definition) is 1. The molecule has 0 atom stereocenters. The van der Waals surface area contributed by atoms with Gasteiger partial charge in [-0.3, -0.25) is 0 Å². The minimum Gasteiger partial charge on any atom is -0.381 e. The lowest BCUT2D eigenvalue weighted by molar-refractivity contribution is 0.198. The fraction of sp³-hybridized carbons (Fsp3) is 1.00. The first kappa shape index (κ1) is 1.61. The van der Waals surface area contributed by atoms with Crippen LogP contribution < -0.4 is 0 Å². The van der Waals surface area contributed by atoms with Gasteiger partial charge < -0.3 is 4.74 Å². The molecule has 0 unspecified atom stereocenters. The van der Waals surface area contributed by atoms with Gasteiger partial charge in [0.25, 0.3) is 0 Å². The van der Waals surface area contributed by atoms with Crippen molar-refractivity contribution >= 4 is 0 Å². The summed E-state index contributed by atoms with van der Waals surface area (Å²) in [5.41, 5.74) is 0. The summed E-state index contributed by atoms with van der Waals surface area (Å²) in [6, 6.07) is 0. The van der Waals surface area contributed by atoms with Crippen LogP contribution in [0.25, 0.3) is 0 Å². The molecule has 1 saturated heterocycles. The van der Waals surface area contributed by atoms with Gasteiger partial charge in [-0.15, -0.1) is 0 Å². The second kappa shape index (κ2) is 1.41. The number of hydrogen-bond donors (Lipinski definition) is 0. The number of rotatable bonds is 0. The molecule has 0 bridgehead atoms. The van der Waals surface area contributed by atoms with Crippen molar-refractivity contribution in [1.29, 1.82) is 0 Å². The Kier molecular flexibility index (Phi) is 0.453. The minimum absolute atomic E-state index is 0.562. The van der Waals surface area contributed by atoms with Crippen molar-refractivity contribution in [3.05, 3.63) is 0 Å². The molecular formula is C4H8O. The van der Waals surface area contributed by atoms with Crippen molar-refractivity contribution in [2.45, 2.75) is 12.8 Å². The summed E-state index contributed by atoms with van der Waals surface area (Å²) >= 11 is 0. The van der Waals surface area contributed by atoms with E-state index in [1.165, 1.54) is 0 Å². The summed E-state index contributed by atoms with van der Waals surface area (Å²) in [6.45, 7) is -0.715. The highest BCUT2D eigenvalue weighted by molar-refractivity contribution is 4.43. The van der Waals surface area contributed by atoms with E-state index in [1.54, 1.807) is 0 Å². The maximum atomic E-state index is 6.93. The molecule has 1 aliphatic rings. The predicted molar refractivity (Wildman–Crippen MR) is 20.1 cm³/mol. The largest absolute Gasteiger partial charge is 0.381 e. The molecule has 1 heterocycles. The van der Waals surface area contributed by atoms with Crippen molar-refractivity contribution in [3.63, 3.8) is 0 Å². The molecule has 0 aromatic carbocycles. The Bertz CT molecular complexity index is 64.1. The van der Waals surface area contributed by atoms with E-state index in [1.807, 2.05) is 0 Å². The highest BCUT2D eigenvalue weighted by Crippen LogP contribution is 1.98. The Morgan fingerprint density at radius 3 is 2.80 bits per heavy atom. The molecule has 5 heavy (non-hydrogen) atoms. The smallest absolute Gasteiger partial charge is 0.0567 e. The van der Waals surface area contributed by atoms with Crippen LogP contribution in [0.5, 0.6) is 0 Å². The first-order chi connectivity index (χ1) is 3.21. The van der Waals surface area contributed by atoms with Crippen LogP contribution in [0.1, 0.15) is 15.6 Å². The fourth-order valence-electron chi connectivity index (χ4n) is 0.361. The van der Waals surface area contributed by atoms with Gasteiger partial charge in [-0.25, -0.2) is 0 Å². The Balaban J connectivity index is 2.40. The fourth-order valence-corrected chi connectivity index (χ4v) is 0.361. The highest BCUT2D eigenvalue weighted by atomic mass is 16.5. The molecule has 1 rings (SSSR count). The zero-order chi connectivity index (χ0) is 5.33. The summed E-state index contributed by atoms with van der Waals surface area (Å²) in [4.78, 5) is 0. The highest BCUT2D eigenvalue weighted by Gasteiger charge is 1.94. The molecule has 0 aliphatic carbocycles. The quantitative estimate of drug-likeness (QED) is 0.413. The van der Waals surface area contributed by atoms with Gasteiger partial charge in [0.05, 0.1) is 2.74 Å². The summed E-state index contributed by atoms with van der Waals surface area (Å²) in [5.74, 6) is 0. The van der Waals surface area contributed by atoms with E-state index < -0.39 is 6.56 Å². The van der Waals surface area contributed by atoms with E-state index in [-0.39, 0.29) is 0 Å². The number of ether oxygens (including phenoxy) is 1. The second-order valence-electron chi connectivity index (χ2n) is 1.10. The molecule has 30 valence electrons. The third-order valence-electron chi connectivity index (χ3n) is 0.627. The van der Waals surface area contributed by atoms with Gasteiger partial charge in [-0.2, -0.15) is 0 Å². The van der Waals surface area contributed by atoms with Crippen LogP contribution in [0.3, 0.4) is 0 Å². The van der Waals surface area contributed by atoms with Crippen molar-refractivity contribution in [2.75, 3.05) is 13.2 Å². The topological polar surface area (TPSA) is 9.23 Å². The molecule has 0 aromatic rings. The van der Waals surface area contributed by atoms with Gasteiger partial charge in [0.1, 0.15) is 0 Å². The van der Waals surface area contributed by atoms with Crippen molar-refractivity contribution in [1.82, 2.24) is 0 Å². The maximum absolute atomic E-state index is 6.93. The second-order valence-corrected chi connectivity index (χ2v) is 1.10. The van der Waals surface area contributed by atoms with Crippen molar-refractivity contribution < 1.29 is 7.48 Å². The SMILES string of the molecule is [2H]C1([2H])CCCO1. The van der Waals surface area contributed by atoms with E-state index in [9.17, 15) is 0 Å². The van der Waals surface area contributed by atoms with Crippen LogP contribution in [0.15, 0.2) is 0 Å². The van der Waals surface area contributed by atoms with E-state index in [2.05, 4.69) is 4.74 Å². The monoisotopic (exact) mass is 74.1 g/mol. The first-order valence-electron chi connectivity index (χ1n) is 2.85. The summed E-state index contributed by atoms with van der Waals surface area (Å²) < 4.78 is 18.5. The van der Waals surface area contributed by atoms with E-state index in [4.69, 9.17) is 2.74 Å². The van der Waals surface area contributed by atoms with Crippen LogP contribution in [-0.2, 0) is 4.74 Å². The molecule has 1 aliphatic heterocycles. The van der Waals surface area contributed by atoms with Crippen LogP contribution in [-0.4, -0.2) is 13.2 Å². The summed E-state index contributed by atoms with van der Waals surface area (Å²) in [6.07, 6.45) is 1.43. The first-order valence-corrected chi connectivity index (χ1v) is 1.85. The average Bonchev–Trinajstić information content (AvgIpc) is 1.84. The maximum Gasteiger partial charge on any atom is 0.0567 e. The lowest BCUT2D eigenvalue weighted by Crippen LogP contribution is -1.74. The summed E-state index contributed by atoms with van der Waals surface area (Å²) in [5, 5.41) is 0. The molecular weight excluding hydrogens is 64.0 g/mol. The average molecular weight is 74.1 g/mol. The van der Waals surface area contributed by atoms with Gasteiger partial charge in [-0.1, -0.05) is 0 Å². The zero-order valence-electron chi connectivity index (χ0n) is 5.03. The molecule has 0 saturated carbocycles. The molecule has 1 fully saturated rings. The molecule has 0 amide bonds. The van der Waals surface area contributed by atoms with Gasteiger partial charge in [0.15, 0.2) is 0 Å². The Morgan fingerprint density at radius 2 is 2.60 bits per heavy atom. The zero-order valence-corrected chi connectivity index (χ0v) is 3.03. The van der Waals surface area contributed by atoms with Gasteiger partial charge in [-0.05, 0) is 12.8 Å². The lowest BCUT2D eigenvalue weighted by Gasteiger charge is -1.76. The van der Waals surface area contributed by atoms with Gasteiger partial charge in [0.2, 0.25) is 0 Å². The molecule has 0 spiro atoms. The van der Waals surface area contributed by atoms with Gasteiger partial charge in [0, 0.05) is 13.2 Å². The molecule has 1 nitrogen and oxygen atoms in total. The van der Waals surface area contributed by atoms with E-state index in [0.29, 0.717) is 13.0 Å². The third-order valence-corrected chi connectivity index (χ3v) is 0.627. The van der Waals surface area contributed by atoms with Crippen LogP contribution in [0.2, 0.25) is 0 Å². The van der Waals surface area contributed by atoms with Crippen molar-refractivity contribution in [2.24, 2.45) is 0 Å². The molecule has 1 heteroatoms. The summed E-state index contributed by atoms with van der Waals surface area (Å²) in [7, 11) is 0. The van der Waals surface area contributed by atoms with Crippen molar-refractivity contribution in [3.8, 4) is 0 Å². The molecule has 0 radical (unpaired) electrons. The van der Waals surface area contributed by atoms with E-state index in [0.717, 1.165) is 6.42 Å². The third kappa shape index (κ3) is 0.618. The van der Waals surface area contributed by atoms with Crippen LogP contribution in [0.4, 0.5) is 0 Å². The van der Waals surface area contributed by atoms with Crippen LogP contribution in [0, 0.1) is 0 Å². The van der Waals surface area contributed by atoms with Gasteiger partial charge >= 0.3 is 0 Å². The predicted octanol–water partition coefficient (Wildman–Crippen LogP) is 0.797. The Labute approximate surface area is 34.8 Å². The molecule has 0 aromatic heterocycles. The Morgan fingerprint density at radius 1 is 1.60 bits per heavy atom. The van der Waals surface area contributed by atoms with E-state index >= 15 is 0 Å². The minimum atomic E-state index is -1.31. The standard InChI is InChI=1S/C4H8O/c1-2-4-5-3-1/h1-4H2/i3D2. The van der Waals surface area contributed by atoms with Crippen LogP contribution >= 0.6 is 0 Å². The lowest BCUT2D eigenvalue weighted by atomic mass is 10.4. The molecule has 0 N–H and O–H groups in total. The Hall–Kier alpha value is -0.0400. The normalized spacial score (nSPS) is 40.0.